The van der Waals surface area contributed by atoms with Gasteiger partial charge in [-0.15, -0.1) is 20.4 Å². The third kappa shape index (κ3) is 3.96. The maximum atomic E-state index is 13.4. The summed E-state index contributed by atoms with van der Waals surface area (Å²) < 4.78 is 81.3. The Bertz CT molecular complexity index is 1380. The van der Waals surface area contributed by atoms with Crippen LogP contribution in [-0.2, 0) is 19.5 Å². The highest BCUT2D eigenvalue weighted by molar-refractivity contribution is 7.89. The number of pyridine rings is 1. The zero-order valence-electron chi connectivity index (χ0n) is 18.2. The molecule has 1 N–H and O–H groups in total. The van der Waals surface area contributed by atoms with Gasteiger partial charge < -0.3 is 14.4 Å². The van der Waals surface area contributed by atoms with Crippen LogP contribution >= 0.6 is 11.3 Å². The van der Waals surface area contributed by atoms with Gasteiger partial charge in [-0.25, -0.2) is 26.3 Å². The monoisotopic (exact) mass is 531 g/mol. The van der Waals surface area contributed by atoms with Crippen molar-refractivity contribution in [1.29, 1.82) is 0 Å². The summed E-state index contributed by atoms with van der Waals surface area (Å²) in [5.74, 6) is 0.0711. The molecule has 188 valence electrons. The van der Waals surface area contributed by atoms with E-state index in [1.165, 1.54) is 16.7 Å². The molecule has 1 saturated carbocycles. The fourth-order valence-corrected chi connectivity index (χ4v) is 6.41. The average molecular weight is 532 g/mol. The van der Waals surface area contributed by atoms with E-state index < -0.39 is 39.3 Å². The number of nitrogens with one attached hydrogen (secondary N) is 1. The van der Waals surface area contributed by atoms with Gasteiger partial charge in [0, 0.05) is 6.20 Å². The Kier molecular flexibility index (Phi) is 5.30. The Morgan fingerprint density at radius 3 is 2.60 bits per heavy atom. The molecule has 5 heterocycles. The van der Waals surface area contributed by atoms with Gasteiger partial charge in [-0.3, -0.25) is 4.40 Å². The lowest BCUT2D eigenvalue weighted by atomic mass is 9.93. The summed E-state index contributed by atoms with van der Waals surface area (Å²) in [5, 5.41) is 15.1. The molecule has 3 fully saturated rings. The van der Waals surface area contributed by atoms with Crippen molar-refractivity contribution in [2.45, 2.75) is 35.3 Å². The highest BCUT2D eigenvalue weighted by Gasteiger charge is 2.48. The lowest BCUT2D eigenvalue weighted by molar-refractivity contribution is -0.167. The number of ether oxygens (including phenoxy) is 2. The quantitative estimate of drug-likeness (QED) is 0.484. The van der Waals surface area contributed by atoms with Gasteiger partial charge in [-0.05, 0) is 18.9 Å². The van der Waals surface area contributed by atoms with Crippen LogP contribution in [0.15, 0.2) is 17.2 Å². The molecule has 3 aromatic heterocycles. The smallest absolute Gasteiger partial charge is 0.291 e. The molecule has 2 saturated heterocycles. The average Bonchev–Trinajstić information content (AvgIpc) is 3.21. The number of halogens is 3. The summed E-state index contributed by atoms with van der Waals surface area (Å²) in [6, 6.07) is 1.45. The molecular formula is C19H20F3N7O4S2. The lowest BCUT2D eigenvalue weighted by Gasteiger charge is -2.52. The maximum absolute atomic E-state index is 13.4. The molecule has 35 heavy (non-hydrogen) atoms. The zero-order chi connectivity index (χ0) is 24.4. The Labute approximate surface area is 201 Å². The van der Waals surface area contributed by atoms with Crippen molar-refractivity contribution in [3.8, 4) is 10.8 Å². The highest BCUT2D eigenvalue weighted by Crippen LogP contribution is 2.40. The van der Waals surface area contributed by atoms with Crippen LogP contribution in [0, 0.1) is 0 Å². The molecular weight excluding hydrogens is 511 g/mol. The van der Waals surface area contributed by atoms with Gasteiger partial charge in [-0.2, -0.15) is 0 Å². The van der Waals surface area contributed by atoms with Gasteiger partial charge in [0.25, 0.3) is 6.43 Å². The number of alkyl halides is 3. The summed E-state index contributed by atoms with van der Waals surface area (Å²) in [7, 11) is -4.12. The second-order valence-electron chi connectivity index (χ2n) is 8.98. The number of sulfonamides is 1. The molecule has 2 aliphatic heterocycles. The number of fused-ring (bicyclic) bond motifs is 1. The van der Waals surface area contributed by atoms with Crippen molar-refractivity contribution < 1.29 is 31.1 Å². The molecule has 0 amide bonds. The van der Waals surface area contributed by atoms with E-state index >= 15 is 0 Å². The second-order valence-corrected chi connectivity index (χ2v) is 11.7. The fraction of sp³-hybridized carbons (Fsp3) is 0.579. The summed E-state index contributed by atoms with van der Waals surface area (Å²) in [4.78, 5) is 1.75. The largest absolute Gasteiger partial charge is 0.376 e. The van der Waals surface area contributed by atoms with E-state index in [0.29, 0.717) is 68.4 Å². The van der Waals surface area contributed by atoms with Gasteiger partial charge in [0.15, 0.2) is 21.5 Å². The molecule has 3 aliphatic rings. The molecule has 0 unspecified atom stereocenters. The molecule has 11 nitrogen and oxygen atoms in total. The summed E-state index contributed by atoms with van der Waals surface area (Å²) in [5.41, 5.74) is -0.826. The molecule has 1 aliphatic carbocycles. The molecule has 6 rings (SSSR count). The second kappa shape index (κ2) is 8.06. The van der Waals surface area contributed by atoms with Crippen molar-refractivity contribution in [3.63, 3.8) is 0 Å². The topological polar surface area (TPSA) is 124 Å². The molecule has 1 spiro atoms. The minimum Gasteiger partial charge on any atom is -0.376 e. The van der Waals surface area contributed by atoms with E-state index in [9.17, 15) is 21.6 Å². The predicted molar refractivity (Wildman–Crippen MR) is 117 cm³/mol. The number of anilines is 1. The van der Waals surface area contributed by atoms with Crippen molar-refractivity contribution in [1.82, 2.24) is 29.5 Å². The lowest BCUT2D eigenvalue weighted by Crippen LogP contribution is -2.67. The molecule has 0 atom stereocenters. The molecule has 3 aromatic rings. The van der Waals surface area contributed by atoms with E-state index in [4.69, 9.17) is 9.47 Å². The van der Waals surface area contributed by atoms with E-state index in [-0.39, 0.29) is 15.7 Å². The molecule has 16 heteroatoms. The Morgan fingerprint density at radius 2 is 1.97 bits per heavy atom. The van der Waals surface area contributed by atoms with Crippen LogP contribution in [0.2, 0.25) is 0 Å². The van der Waals surface area contributed by atoms with Crippen molar-refractivity contribution in [2.24, 2.45) is 0 Å². The Balaban J connectivity index is 1.43. The normalized spacial score (nSPS) is 21.1. The van der Waals surface area contributed by atoms with Crippen LogP contribution < -0.4 is 9.62 Å². The van der Waals surface area contributed by atoms with Crippen LogP contribution in [0.25, 0.3) is 16.5 Å². The van der Waals surface area contributed by atoms with Crippen molar-refractivity contribution >= 4 is 32.7 Å². The standard InChI is InChI=1S/C19H20F3N7O4S2/c20-7-18(1-2-18)27-35(30,31)11-5-12(28-8-19(9-28)10-32-3-4-33-19)14-23-24-15(29(14)6-11)17-26-25-16(34-17)13(21)22/h5-6,13,27H,1-4,7-10H2. The number of hydrogen-bond donors (Lipinski definition) is 1. The van der Waals surface area contributed by atoms with E-state index in [0.717, 1.165) is 0 Å². The first kappa shape index (κ1) is 23.0. The number of aromatic nitrogens is 5. The van der Waals surface area contributed by atoms with E-state index in [1.54, 1.807) is 0 Å². The number of rotatable bonds is 7. The van der Waals surface area contributed by atoms with Crippen LogP contribution in [0.4, 0.5) is 18.9 Å². The molecule has 0 aromatic carbocycles. The van der Waals surface area contributed by atoms with Gasteiger partial charge >= 0.3 is 0 Å². The number of hydrogen-bond acceptors (Lipinski definition) is 10. The van der Waals surface area contributed by atoms with E-state index in [2.05, 4.69) is 25.1 Å². The summed E-state index contributed by atoms with van der Waals surface area (Å²) >= 11 is 0.642. The van der Waals surface area contributed by atoms with Crippen LogP contribution in [0.1, 0.15) is 24.3 Å². The van der Waals surface area contributed by atoms with Crippen molar-refractivity contribution in [2.75, 3.05) is 44.5 Å². The van der Waals surface area contributed by atoms with Crippen LogP contribution in [0.5, 0.6) is 0 Å². The summed E-state index contributed by atoms with van der Waals surface area (Å²) in [6.07, 6.45) is -0.711. The minimum absolute atomic E-state index is 0.0628. The van der Waals surface area contributed by atoms with E-state index in [1.807, 2.05) is 4.90 Å². The SMILES string of the molecule is O=S(=O)(NC1(CF)CC1)c1cc(N2CC3(COCCO3)C2)c2nnc(-c3nnc(C(F)F)s3)n2c1. The minimum atomic E-state index is -4.12. The summed E-state index contributed by atoms with van der Waals surface area (Å²) in [6.45, 7) is 1.45. The first-order valence-electron chi connectivity index (χ1n) is 10.8. The van der Waals surface area contributed by atoms with Gasteiger partial charge in [0.05, 0.1) is 44.1 Å². The third-order valence-electron chi connectivity index (χ3n) is 6.35. The molecule has 0 bridgehead atoms. The Morgan fingerprint density at radius 1 is 1.17 bits per heavy atom. The fourth-order valence-electron chi connectivity index (χ4n) is 4.27. The van der Waals surface area contributed by atoms with Gasteiger partial charge in [-0.1, -0.05) is 11.3 Å². The van der Waals surface area contributed by atoms with Crippen LogP contribution in [0.3, 0.4) is 0 Å². The maximum Gasteiger partial charge on any atom is 0.291 e. The van der Waals surface area contributed by atoms with Gasteiger partial charge in [0.2, 0.25) is 10.0 Å². The highest BCUT2D eigenvalue weighted by atomic mass is 32.2. The zero-order valence-corrected chi connectivity index (χ0v) is 19.8. The van der Waals surface area contributed by atoms with Crippen LogP contribution in [-0.4, -0.2) is 83.9 Å². The third-order valence-corrected chi connectivity index (χ3v) is 8.82. The predicted octanol–water partition coefficient (Wildman–Crippen LogP) is 1.57. The van der Waals surface area contributed by atoms with Gasteiger partial charge in [0.1, 0.15) is 17.2 Å². The first-order chi connectivity index (χ1) is 16.7. The van der Waals surface area contributed by atoms with Crippen molar-refractivity contribution in [3.05, 3.63) is 17.3 Å². The first-order valence-corrected chi connectivity index (χ1v) is 13.1. The molecule has 0 radical (unpaired) electrons. The Hall–Kier alpha value is -2.40. The number of nitrogens with zero attached hydrogens (tertiary/aromatic N) is 6.